The van der Waals surface area contributed by atoms with Crippen LogP contribution in [-0.2, 0) is 14.3 Å². The second-order valence-electron chi connectivity index (χ2n) is 11.3. The quantitative estimate of drug-likeness (QED) is 0.245. The third kappa shape index (κ3) is 4.88. The summed E-state index contributed by atoms with van der Waals surface area (Å²) < 4.78 is 30.7. The molecule has 42 heavy (non-hydrogen) atoms. The second-order valence-corrected chi connectivity index (χ2v) is 12.9. The molecule has 3 heterocycles. The van der Waals surface area contributed by atoms with E-state index in [2.05, 4.69) is 57.3 Å². The molecule has 0 spiro atoms. The Bertz CT molecular complexity index is 1870. The minimum absolute atomic E-state index is 0.00463. The van der Waals surface area contributed by atoms with Gasteiger partial charge in [-0.1, -0.05) is 66.2 Å². The number of pyridine rings is 1. The van der Waals surface area contributed by atoms with Crippen LogP contribution >= 0.6 is 0 Å². The normalized spacial score (nSPS) is 19.9. The molecule has 2 aromatic heterocycles. The van der Waals surface area contributed by atoms with Crippen LogP contribution < -0.4 is 10.6 Å². The fourth-order valence-electron chi connectivity index (χ4n) is 6.10. The van der Waals surface area contributed by atoms with Gasteiger partial charge in [-0.3, -0.25) is 4.18 Å². The van der Waals surface area contributed by atoms with Crippen molar-refractivity contribution in [2.24, 2.45) is 5.92 Å². The Morgan fingerprint density at radius 1 is 0.952 bits per heavy atom. The second kappa shape index (κ2) is 10.5. The lowest BCUT2D eigenvalue weighted by molar-refractivity contribution is 0.159. The van der Waals surface area contributed by atoms with Crippen LogP contribution in [0.5, 0.6) is 0 Å². The standard InChI is InChI=1S/C33H31N5O3S/c1-21-7-12-27(13-8-21)42(39,40)41-19-22-15-26(16-22)38-18-28(31-32(34)35-20-36-33(31)38)25-10-9-24-11-14-29(37-30(24)17-25)23-5-3-2-4-6-23/h2-14,17,20,22,26,28H,15-16,18-19H2,1H3,(H2,34,35,36). The molecule has 0 amide bonds. The van der Waals surface area contributed by atoms with E-state index in [1.54, 1.807) is 24.3 Å². The highest BCUT2D eigenvalue weighted by Crippen LogP contribution is 2.46. The molecule has 2 aliphatic rings. The third-order valence-corrected chi connectivity index (χ3v) is 9.80. The first kappa shape index (κ1) is 26.6. The van der Waals surface area contributed by atoms with E-state index in [-0.39, 0.29) is 29.4 Å². The van der Waals surface area contributed by atoms with Crippen molar-refractivity contribution in [2.75, 3.05) is 23.8 Å². The first-order valence-corrected chi connectivity index (χ1v) is 15.6. The summed E-state index contributed by atoms with van der Waals surface area (Å²) in [6, 6.07) is 27.7. The summed E-state index contributed by atoms with van der Waals surface area (Å²) in [5.74, 6) is 1.50. The summed E-state index contributed by atoms with van der Waals surface area (Å²) in [5.41, 5.74) is 12.4. The van der Waals surface area contributed by atoms with Gasteiger partial charge in [0.15, 0.2) is 0 Å². The third-order valence-electron chi connectivity index (χ3n) is 8.50. The number of anilines is 2. The molecule has 1 saturated carbocycles. The van der Waals surface area contributed by atoms with Crippen molar-refractivity contribution in [3.63, 3.8) is 0 Å². The molecule has 9 heteroatoms. The summed E-state index contributed by atoms with van der Waals surface area (Å²) in [7, 11) is -3.78. The van der Waals surface area contributed by atoms with Gasteiger partial charge < -0.3 is 10.6 Å². The zero-order valence-corrected chi connectivity index (χ0v) is 24.0. The van der Waals surface area contributed by atoms with Gasteiger partial charge in [-0.15, -0.1) is 0 Å². The maximum Gasteiger partial charge on any atom is 0.296 e. The molecule has 1 atom stereocenters. The van der Waals surface area contributed by atoms with Crippen LogP contribution in [-0.4, -0.2) is 42.6 Å². The van der Waals surface area contributed by atoms with E-state index >= 15 is 0 Å². The Hall–Kier alpha value is -4.34. The molecule has 3 aromatic carbocycles. The predicted octanol–water partition coefficient (Wildman–Crippen LogP) is 5.72. The molecule has 2 N–H and O–H groups in total. The number of aryl methyl sites for hydroxylation is 1. The van der Waals surface area contributed by atoms with Crippen LogP contribution in [0.15, 0.2) is 96.2 Å². The van der Waals surface area contributed by atoms with E-state index in [0.717, 1.165) is 64.1 Å². The Morgan fingerprint density at radius 2 is 1.71 bits per heavy atom. The maximum atomic E-state index is 12.7. The topological polar surface area (TPSA) is 111 Å². The molecule has 0 bridgehead atoms. The van der Waals surface area contributed by atoms with Gasteiger partial charge in [0.2, 0.25) is 0 Å². The highest BCUT2D eigenvalue weighted by Gasteiger charge is 2.42. The SMILES string of the molecule is Cc1ccc(S(=O)(=O)OCC2CC(N3CC(c4ccc5ccc(-c6ccccc6)nc5c4)c4c(N)ncnc43)C2)cc1. The Kier molecular flexibility index (Phi) is 6.63. The minimum Gasteiger partial charge on any atom is -0.383 e. The zero-order valence-electron chi connectivity index (χ0n) is 23.2. The van der Waals surface area contributed by atoms with Gasteiger partial charge in [0.05, 0.1) is 22.7 Å². The number of nitrogens with two attached hydrogens (primary N) is 1. The summed E-state index contributed by atoms with van der Waals surface area (Å²) in [6.45, 7) is 2.81. The lowest BCUT2D eigenvalue weighted by Crippen LogP contribution is -2.46. The number of benzene rings is 3. The number of hydrogen-bond acceptors (Lipinski definition) is 8. The molecule has 1 unspecified atom stereocenters. The Balaban J connectivity index is 1.09. The van der Waals surface area contributed by atoms with Crippen molar-refractivity contribution < 1.29 is 12.6 Å². The van der Waals surface area contributed by atoms with E-state index in [4.69, 9.17) is 14.9 Å². The van der Waals surface area contributed by atoms with Gasteiger partial charge in [0.25, 0.3) is 10.1 Å². The van der Waals surface area contributed by atoms with E-state index in [9.17, 15) is 8.42 Å². The largest absolute Gasteiger partial charge is 0.383 e. The Labute approximate surface area is 245 Å². The van der Waals surface area contributed by atoms with Gasteiger partial charge in [-0.25, -0.2) is 15.0 Å². The molecular weight excluding hydrogens is 546 g/mol. The van der Waals surface area contributed by atoms with Crippen molar-refractivity contribution in [1.29, 1.82) is 0 Å². The zero-order chi connectivity index (χ0) is 28.8. The van der Waals surface area contributed by atoms with Crippen LogP contribution in [0.4, 0.5) is 11.6 Å². The molecule has 1 aliphatic heterocycles. The maximum absolute atomic E-state index is 12.7. The summed E-state index contributed by atoms with van der Waals surface area (Å²) in [5, 5.41) is 1.08. The number of nitrogens with zero attached hydrogens (tertiary/aromatic N) is 4. The van der Waals surface area contributed by atoms with Crippen molar-refractivity contribution in [3.05, 3.63) is 108 Å². The molecule has 212 valence electrons. The number of rotatable bonds is 7. The smallest absolute Gasteiger partial charge is 0.296 e. The van der Waals surface area contributed by atoms with Gasteiger partial charge in [0, 0.05) is 35.0 Å². The summed E-state index contributed by atoms with van der Waals surface area (Å²) >= 11 is 0. The average Bonchev–Trinajstić information content (AvgIpc) is 3.37. The molecule has 0 saturated heterocycles. The molecular formula is C33H31N5O3S. The lowest BCUT2D eigenvalue weighted by atomic mass is 9.80. The van der Waals surface area contributed by atoms with Crippen LogP contribution in [0.3, 0.4) is 0 Å². The average molecular weight is 578 g/mol. The fraction of sp³-hybridized carbons (Fsp3) is 0.242. The van der Waals surface area contributed by atoms with Crippen molar-refractivity contribution in [3.8, 4) is 11.3 Å². The van der Waals surface area contributed by atoms with Crippen LogP contribution in [0, 0.1) is 12.8 Å². The van der Waals surface area contributed by atoms with E-state index in [1.807, 2.05) is 25.1 Å². The van der Waals surface area contributed by atoms with Gasteiger partial charge in [0.1, 0.15) is 18.0 Å². The molecule has 0 radical (unpaired) electrons. The molecule has 8 nitrogen and oxygen atoms in total. The van der Waals surface area contributed by atoms with Crippen LogP contribution in [0.1, 0.15) is 35.4 Å². The minimum atomic E-state index is -3.78. The van der Waals surface area contributed by atoms with Crippen molar-refractivity contribution in [1.82, 2.24) is 15.0 Å². The monoisotopic (exact) mass is 577 g/mol. The summed E-state index contributed by atoms with van der Waals surface area (Å²) in [6.07, 6.45) is 3.16. The summed E-state index contributed by atoms with van der Waals surface area (Å²) in [4.78, 5) is 16.4. The van der Waals surface area contributed by atoms with Crippen LogP contribution in [0.2, 0.25) is 0 Å². The highest BCUT2D eigenvalue weighted by molar-refractivity contribution is 7.86. The number of hydrogen-bond donors (Lipinski definition) is 1. The predicted molar refractivity (Wildman–Crippen MR) is 164 cm³/mol. The number of aromatic nitrogens is 3. The number of fused-ring (bicyclic) bond motifs is 2. The molecule has 1 fully saturated rings. The molecule has 7 rings (SSSR count). The lowest BCUT2D eigenvalue weighted by Gasteiger charge is -2.42. The molecule has 1 aliphatic carbocycles. The molecule has 5 aromatic rings. The van der Waals surface area contributed by atoms with E-state index < -0.39 is 10.1 Å². The first-order valence-electron chi connectivity index (χ1n) is 14.1. The van der Waals surface area contributed by atoms with E-state index in [0.29, 0.717) is 5.82 Å². The fourth-order valence-corrected chi connectivity index (χ4v) is 7.08. The van der Waals surface area contributed by atoms with Gasteiger partial charge >= 0.3 is 0 Å². The van der Waals surface area contributed by atoms with Crippen LogP contribution in [0.25, 0.3) is 22.2 Å². The number of nitrogen functional groups attached to an aromatic ring is 1. The highest BCUT2D eigenvalue weighted by atomic mass is 32.2. The van der Waals surface area contributed by atoms with Gasteiger partial charge in [-0.2, -0.15) is 8.42 Å². The van der Waals surface area contributed by atoms with Gasteiger partial charge in [-0.05, 0) is 55.5 Å². The van der Waals surface area contributed by atoms with Crippen molar-refractivity contribution in [2.45, 2.75) is 36.6 Å². The Morgan fingerprint density at radius 3 is 2.50 bits per heavy atom. The van der Waals surface area contributed by atoms with Crippen molar-refractivity contribution >= 4 is 32.7 Å². The van der Waals surface area contributed by atoms with E-state index in [1.165, 1.54) is 6.33 Å². The first-order chi connectivity index (χ1) is 20.4.